The Labute approximate surface area is 175 Å². The van der Waals surface area contributed by atoms with E-state index >= 15 is 0 Å². The number of carbonyl (C=O) groups is 2. The molecule has 30 heavy (non-hydrogen) atoms. The van der Waals surface area contributed by atoms with Crippen LogP contribution in [0.3, 0.4) is 0 Å². The lowest BCUT2D eigenvalue weighted by Crippen LogP contribution is -2.72. The van der Waals surface area contributed by atoms with E-state index in [2.05, 4.69) is 29.2 Å². The Bertz CT molecular complexity index is 1020. The predicted molar refractivity (Wildman–Crippen MR) is 109 cm³/mol. The van der Waals surface area contributed by atoms with Gasteiger partial charge in [0, 0.05) is 29.6 Å². The van der Waals surface area contributed by atoms with Gasteiger partial charge in [-0.2, -0.15) is 0 Å². The van der Waals surface area contributed by atoms with Crippen LogP contribution in [0, 0.1) is 23.7 Å². The van der Waals surface area contributed by atoms with Crippen molar-refractivity contribution in [1.82, 2.24) is 4.90 Å². The number of carboxylic acids is 1. The summed E-state index contributed by atoms with van der Waals surface area (Å²) in [5.74, 6) is -1.84. The van der Waals surface area contributed by atoms with Gasteiger partial charge in [-0.25, -0.2) is 0 Å². The number of hydrogen-bond acceptors (Lipinski definition) is 4. The number of aliphatic carboxylic acids is 1. The van der Waals surface area contributed by atoms with Crippen LogP contribution in [-0.2, 0) is 19.7 Å². The Kier molecular flexibility index (Phi) is 3.23. The van der Waals surface area contributed by atoms with E-state index in [9.17, 15) is 14.7 Å². The average molecular weight is 406 g/mol. The number of hydrogen-bond donors (Lipinski definition) is 1. The molecule has 5 heterocycles. The molecule has 6 nitrogen and oxygen atoms in total. The van der Waals surface area contributed by atoms with Crippen LogP contribution in [0.5, 0.6) is 0 Å². The molecule has 1 N–H and O–H groups in total. The van der Waals surface area contributed by atoms with Crippen LogP contribution in [0.4, 0.5) is 5.69 Å². The van der Waals surface area contributed by atoms with Crippen molar-refractivity contribution in [3.63, 3.8) is 0 Å². The number of para-hydroxylation sites is 1. The molecule has 156 valence electrons. The van der Waals surface area contributed by atoms with Crippen molar-refractivity contribution in [2.75, 3.05) is 24.6 Å². The van der Waals surface area contributed by atoms with Gasteiger partial charge in [0.05, 0.1) is 30.6 Å². The zero-order chi connectivity index (χ0) is 20.4. The summed E-state index contributed by atoms with van der Waals surface area (Å²) >= 11 is 0. The first-order chi connectivity index (χ1) is 14.5. The maximum atomic E-state index is 14.0. The second kappa shape index (κ2) is 5.54. The molecular formula is C24H26N2O4. The molecule has 4 fully saturated rings. The molecule has 1 saturated carbocycles. The largest absolute Gasteiger partial charge is 0.481 e. The van der Waals surface area contributed by atoms with E-state index in [1.807, 2.05) is 11.0 Å². The summed E-state index contributed by atoms with van der Waals surface area (Å²) in [5.41, 5.74) is 3.70. The molecule has 6 aliphatic rings. The van der Waals surface area contributed by atoms with Crippen LogP contribution in [0.1, 0.15) is 25.3 Å². The third kappa shape index (κ3) is 1.77. The van der Waals surface area contributed by atoms with Crippen LogP contribution in [0.25, 0.3) is 0 Å². The smallest absolute Gasteiger partial charge is 0.307 e. The SMILES string of the molecule is CC(C(=O)O)C1C(=O)N2c3ccccc3[C@@]34CCN5CC6=CCO[C@@H]1[C@@H]([C@H]23)[C@H]6C[C@@H]54. The quantitative estimate of drug-likeness (QED) is 0.762. The molecule has 1 aromatic carbocycles. The maximum Gasteiger partial charge on any atom is 0.307 e. The fourth-order valence-electron chi connectivity index (χ4n) is 8.24. The van der Waals surface area contributed by atoms with Crippen molar-refractivity contribution < 1.29 is 19.4 Å². The number of anilines is 1. The molecule has 1 amide bonds. The van der Waals surface area contributed by atoms with E-state index in [4.69, 9.17) is 4.74 Å². The molecule has 2 bridgehead atoms. The predicted octanol–water partition coefficient (Wildman–Crippen LogP) is 2.04. The first kappa shape index (κ1) is 17.5. The van der Waals surface area contributed by atoms with Crippen LogP contribution in [0.15, 0.2) is 35.9 Å². The van der Waals surface area contributed by atoms with Gasteiger partial charge in [0.15, 0.2) is 0 Å². The Hall–Kier alpha value is -2.18. The molecule has 7 rings (SSSR count). The molecule has 8 atom stereocenters. The molecule has 3 saturated heterocycles. The van der Waals surface area contributed by atoms with Gasteiger partial charge in [-0.3, -0.25) is 14.5 Å². The number of nitrogens with zero attached hydrogens (tertiary/aromatic N) is 2. The summed E-state index contributed by atoms with van der Waals surface area (Å²) in [6, 6.07) is 8.92. The number of piperidine rings is 2. The fraction of sp³-hybridized carbons (Fsp3) is 0.583. The van der Waals surface area contributed by atoms with Gasteiger partial charge in [0.1, 0.15) is 0 Å². The third-order valence-corrected chi connectivity index (χ3v) is 9.31. The van der Waals surface area contributed by atoms with Crippen LogP contribution < -0.4 is 4.90 Å². The summed E-state index contributed by atoms with van der Waals surface area (Å²) in [4.78, 5) is 30.7. The van der Waals surface area contributed by atoms with Crippen LogP contribution in [-0.4, -0.2) is 59.8 Å². The average Bonchev–Trinajstić information content (AvgIpc) is 3.21. The van der Waals surface area contributed by atoms with Gasteiger partial charge < -0.3 is 14.7 Å². The number of amides is 1. The highest BCUT2D eigenvalue weighted by Crippen LogP contribution is 2.66. The molecule has 1 aliphatic carbocycles. The van der Waals surface area contributed by atoms with E-state index in [0.717, 1.165) is 31.6 Å². The molecular weight excluding hydrogens is 380 g/mol. The molecule has 6 heteroatoms. The molecule has 0 radical (unpaired) electrons. The summed E-state index contributed by atoms with van der Waals surface area (Å²) in [6.07, 6.45) is 4.05. The Morgan fingerprint density at radius 2 is 2.17 bits per heavy atom. The number of rotatable bonds is 2. The highest BCUT2D eigenvalue weighted by molar-refractivity contribution is 6.02. The van der Waals surface area contributed by atoms with Crippen molar-refractivity contribution in [2.45, 2.75) is 43.4 Å². The summed E-state index contributed by atoms with van der Waals surface area (Å²) in [7, 11) is 0. The summed E-state index contributed by atoms with van der Waals surface area (Å²) in [6.45, 7) is 4.21. The minimum Gasteiger partial charge on any atom is -0.481 e. The van der Waals surface area contributed by atoms with Gasteiger partial charge in [-0.15, -0.1) is 0 Å². The van der Waals surface area contributed by atoms with Gasteiger partial charge in [0.25, 0.3) is 0 Å². The molecule has 0 aromatic heterocycles. The topological polar surface area (TPSA) is 70.1 Å². The number of fused-ring (bicyclic) bond motifs is 2. The summed E-state index contributed by atoms with van der Waals surface area (Å²) < 4.78 is 6.37. The number of ether oxygens (including phenoxy) is 1. The highest BCUT2D eigenvalue weighted by Gasteiger charge is 2.72. The van der Waals surface area contributed by atoms with Crippen LogP contribution in [0.2, 0.25) is 0 Å². The lowest BCUT2D eigenvalue weighted by molar-refractivity contribution is -0.160. The highest BCUT2D eigenvalue weighted by atomic mass is 16.5. The van der Waals surface area contributed by atoms with E-state index < -0.39 is 17.8 Å². The standard InChI is InChI=1S/C24H26N2O4/c1-12(23(28)29)18-20-19-14-10-17-24(7-8-25(17)11-13(14)6-9-30-20)15-4-2-3-5-16(15)26(21(19)24)22(18)27/h2-6,12,14,17-21H,7-11H2,1H3,(H,28,29)/t12?,14-,17+,18?,19-,20-,21-,24+/m0/s1. The van der Waals surface area contributed by atoms with E-state index in [0.29, 0.717) is 18.6 Å². The zero-order valence-electron chi connectivity index (χ0n) is 17.0. The van der Waals surface area contributed by atoms with Crippen molar-refractivity contribution >= 4 is 17.6 Å². The fourth-order valence-corrected chi connectivity index (χ4v) is 8.24. The normalized spacial score (nSPS) is 43.7. The van der Waals surface area contributed by atoms with E-state index in [-0.39, 0.29) is 29.4 Å². The third-order valence-electron chi connectivity index (χ3n) is 9.31. The van der Waals surface area contributed by atoms with Crippen molar-refractivity contribution in [1.29, 1.82) is 0 Å². The number of carbonyl (C=O) groups excluding carboxylic acids is 1. The van der Waals surface area contributed by atoms with Gasteiger partial charge in [0.2, 0.25) is 5.91 Å². The minimum absolute atomic E-state index is 0.0532. The van der Waals surface area contributed by atoms with E-state index in [1.54, 1.807) is 6.92 Å². The number of benzene rings is 1. The van der Waals surface area contributed by atoms with Crippen molar-refractivity contribution in [3.8, 4) is 0 Å². The molecule has 2 unspecified atom stereocenters. The lowest BCUT2D eigenvalue weighted by atomic mass is 9.52. The monoisotopic (exact) mass is 406 g/mol. The second-order valence-corrected chi connectivity index (χ2v) is 10.1. The maximum absolute atomic E-state index is 14.0. The van der Waals surface area contributed by atoms with Gasteiger partial charge in [-0.05, 0) is 36.9 Å². The van der Waals surface area contributed by atoms with E-state index in [1.165, 1.54) is 11.1 Å². The Balaban J connectivity index is 1.51. The minimum atomic E-state index is -0.917. The van der Waals surface area contributed by atoms with Crippen LogP contribution >= 0.6 is 0 Å². The lowest BCUT2D eigenvalue weighted by Gasteiger charge is -2.60. The zero-order valence-corrected chi connectivity index (χ0v) is 17.0. The van der Waals surface area contributed by atoms with Gasteiger partial charge in [-0.1, -0.05) is 36.8 Å². The summed E-state index contributed by atoms with van der Waals surface area (Å²) in [5, 5.41) is 9.84. The van der Waals surface area contributed by atoms with Gasteiger partial charge >= 0.3 is 5.97 Å². The van der Waals surface area contributed by atoms with Crippen molar-refractivity contribution in [2.24, 2.45) is 23.7 Å². The molecule has 5 aliphatic heterocycles. The second-order valence-electron chi connectivity index (χ2n) is 10.1. The Morgan fingerprint density at radius 1 is 1.33 bits per heavy atom. The number of carboxylic acid groups (broad SMARTS) is 1. The Morgan fingerprint density at radius 3 is 3.00 bits per heavy atom. The molecule has 1 aromatic rings. The van der Waals surface area contributed by atoms with Crippen molar-refractivity contribution in [3.05, 3.63) is 41.5 Å². The first-order valence-electron chi connectivity index (χ1n) is 11.2. The first-order valence-corrected chi connectivity index (χ1v) is 11.2. The molecule has 1 spiro atoms.